The van der Waals surface area contributed by atoms with Crippen molar-refractivity contribution in [3.63, 3.8) is 0 Å². The van der Waals surface area contributed by atoms with Crippen LogP contribution >= 0.6 is 0 Å². The van der Waals surface area contributed by atoms with Gasteiger partial charge in [0.2, 0.25) is 0 Å². The van der Waals surface area contributed by atoms with Gasteiger partial charge in [-0.3, -0.25) is 4.99 Å². The summed E-state index contributed by atoms with van der Waals surface area (Å²) in [6, 6.07) is 13.6. The Hall–Kier alpha value is -3.41. The van der Waals surface area contributed by atoms with Crippen molar-refractivity contribution < 1.29 is 5.11 Å². The summed E-state index contributed by atoms with van der Waals surface area (Å²) in [5.41, 5.74) is 11.1. The molecule has 1 aromatic heterocycles. The lowest BCUT2D eigenvalue weighted by Gasteiger charge is -2.11. The molecule has 4 N–H and O–H groups in total. The quantitative estimate of drug-likeness (QED) is 0.685. The van der Waals surface area contributed by atoms with Crippen LogP contribution in [-0.4, -0.2) is 20.9 Å². The minimum absolute atomic E-state index is 0.00786. The van der Waals surface area contributed by atoms with Crippen LogP contribution in [0.25, 0.3) is 11.3 Å². The molecule has 6 nitrogen and oxygen atoms in total. The minimum Gasteiger partial charge on any atom is -0.503 e. The normalized spacial score (nSPS) is 12.6. The average molecular weight is 331 g/mol. The first-order valence-corrected chi connectivity index (χ1v) is 7.93. The molecule has 124 valence electrons. The van der Waals surface area contributed by atoms with Crippen LogP contribution in [0, 0.1) is 6.92 Å². The number of hydrogen-bond donors (Lipinski definition) is 3. The number of nitrogens with one attached hydrogen (secondary N) is 1. The van der Waals surface area contributed by atoms with Gasteiger partial charge in [-0.1, -0.05) is 35.9 Å². The zero-order chi connectivity index (χ0) is 17.4. The number of nitrogens with two attached hydrogens (primary N) is 1. The van der Waals surface area contributed by atoms with Gasteiger partial charge in [0.25, 0.3) is 0 Å². The van der Waals surface area contributed by atoms with Crippen molar-refractivity contribution in [2.75, 3.05) is 5.32 Å². The largest absolute Gasteiger partial charge is 0.503 e. The highest BCUT2D eigenvalue weighted by atomic mass is 16.3. The number of hydrogen-bond acceptors (Lipinski definition) is 6. The fourth-order valence-corrected chi connectivity index (χ4v) is 2.82. The average Bonchev–Trinajstić information content (AvgIpc) is 2.99. The molecule has 0 amide bonds. The highest BCUT2D eigenvalue weighted by molar-refractivity contribution is 6.01. The molecule has 2 heterocycles. The number of anilines is 2. The van der Waals surface area contributed by atoms with Gasteiger partial charge in [0.05, 0.1) is 6.54 Å². The van der Waals surface area contributed by atoms with Crippen molar-refractivity contribution in [3.8, 4) is 17.0 Å². The molecular formula is C19H17N5O. The van der Waals surface area contributed by atoms with Crippen LogP contribution in [0.2, 0.25) is 0 Å². The van der Waals surface area contributed by atoms with E-state index in [1.54, 1.807) is 0 Å². The molecule has 0 saturated carbocycles. The first-order chi connectivity index (χ1) is 12.1. The molecule has 0 unspecified atom stereocenters. The summed E-state index contributed by atoms with van der Waals surface area (Å²) in [6.45, 7) is 2.62. The van der Waals surface area contributed by atoms with Gasteiger partial charge >= 0.3 is 0 Å². The summed E-state index contributed by atoms with van der Waals surface area (Å²) in [7, 11) is 0. The van der Waals surface area contributed by atoms with Crippen LogP contribution in [0.4, 0.5) is 11.5 Å². The lowest BCUT2D eigenvalue weighted by molar-refractivity contribution is 0.475. The van der Waals surface area contributed by atoms with Crippen molar-refractivity contribution in [1.82, 2.24) is 9.97 Å². The Bertz CT molecular complexity index is 980. The number of amidine groups is 1. The molecule has 2 aromatic carbocycles. The van der Waals surface area contributed by atoms with Crippen LogP contribution in [0.15, 0.2) is 53.8 Å². The maximum atomic E-state index is 10.6. The van der Waals surface area contributed by atoms with Crippen LogP contribution < -0.4 is 11.1 Å². The maximum absolute atomic E-state index is 10.6. The Labute approximate surface area is 145 Å². The van der Waals surface area contributed by atoms with Crippen LogP contribution in [0.3, 0.4) is 0 Å². The fraction of sp³-hybridized carbons (Fsp3) is 0.105. The second-order valence-electron chi connectivity index (χ2n) is 5.98. The Kier molecular flexibility index (Phi) is 3.57. The zero-order valence-electron chi connectivity index (χ0n) is 13.7. The molecule has 0 spiro atoms. The van der Waals surface area contributed by atoms with Gasteiger partial charge in [-0.25, -0.2) is 9.97 Å². The molecule has 3 aromatic rings. The molecule has 6 heteroatoms. The van der Waals surface area contributed by atoms with Gasteiger partial charge in [-0.05, 0) is 24.6 Å². The van der Waals surface area contributed by atoms with Crippen molar-refractivity contribution >= 4 is 17.3 Å². The predicted molar refractivity (Wildman–Crippen MR) is 98.0 cm³/mol. The summed E-state index contributed by atoms with van der Waals surface area (Å²) in [4.78, 5) is 12.6. The van der Waals surface area contributed by atoms with Crippen molar-refractivity contribution in [2.45, 2.75) is 13.5 Å². The standard InChI is InChI=1S/C19H17N5O/c1-11-2-4-12(5-3-11)16-17(25)19(23-10-22-16)24-14-7-6-13-9-21-18(20)15(13)8-14/h2-8,10,25H,9H2,1H3,(H2,20,21)(H,22,23,24). The SMILES string of the molecule is Cc1ccc(-c2ncnc(Nc3ccc4c(c3)C(N)=NC4)c2O)cc1. The molecule has 25 heavy (non-hydrogen) atoms. The van der Waals surface area contributed by atoms with Gasteiger partial charge in [-0.15, -0.1) is 0 Å². The fourth-order valence-electron chi connectivity index (χ4n) is 2.82. The third-order valence-corrected chi connectivity index (χ3v) is 4.22. The maximum Gasteiger partial charge on any atom is 0.185 e. The minimum atomic E-state index is 0.00786. The third-order valence-electron chi connectivity index (χ3n) is 4.22. The van der Waals surface area contributed by atoms with E-state index < -0.39 is 0 Å². The van der Waals surface area contributed by atoms with E-state index in [0.717, 1.165) is 27.9 Å². The number of aliphatic imine (C=N–C) groups is 1. The summed E-state index contributed by atoms with van der Waals surface area (Å²) >= 11 is 0. The summed E-state index contributed by atoms with van der Waals surface area (Å²) < 4.78 is 0. The third kappa shape index (κ3) is 2.78. The number of rotatable bonds is 3. The molecule has 0 bridgehead atoms. The number of nitrogens with zero attached hydrogens (tertiary/aromatic N) is 3. The summed E-state index contributed by atoms with van der Waals surface area (Å²) in [5.74, 6) is 0.887. The van der Waals surface area contributed by atoms with Crippen molar-refractivity contribution in [2.24, 2.45) is 10.7 Å². The van der Waals surface area contributed by atoms with Crippen LogP contribution in [-0.2, 0) is 6.54 Å². The van der Waals surface area contributed by atoms with E-state index in [9.17, 15) is 5.11 Å². The smallest absolute Gasteiger partial charge is 0.185 e. The zero-order valence-corrected chi connectivity index (χ0v) is 13.7. The lowest BCUT2D eigenvalue weighted by atomic mass is 10.1. The molecule has 4 rings (SSSR count). The second kappa shape index (κ2) is 5.90. The lowest BCUT2D eigenvalue weighted by Crippen LogP contribution is -2.10. The van der Waals surface area contributed by atoms with Crippen molar-refractivity contribution in [3.05, 3.63) is 65.5 Å². The second-order valence-corrected chi connectivity index (χ2v) is 5.98. The van der Waals surface area contributed by atoms with Crippen molar-refractivity contribution in [1.29, 1.82) is 0 Å². The Morgan fingerprint density at radius 3 is 2.68 bits per heavy atom. The predicted octanol–water partition coefficient (Wildman–Crippen LogP) is 3.12. The highest BCUT2D eigenvalue weighted by Crippen LogP contribution is 2.34. The first-order valence-electron chi connectivity index (χ1n) is 7.93. The highest BCUT2D eigenvalue weighted by Gasteiger charge is 2.15. The number of aryl methyl sites for hydroxylation is 1. The van der Waals surface area contributed by atoms with E-state index in [1.165, 1.54) is 6.33 Å². The Morgan fingerprint density at radius 1 is 1.08 bits per heavy atom. The number of aromatic nitrogens is 2. The number of aromatic hydroxyl groups is 1. The first kappa shape index (κ1) is 15.1. The monoisotopic (exact) mass is 331 g/mol. The molecule has 0 atom stereocenters. The van der Waals surface area contributed by atoms with E-state index in [0.29, 0.717) is 23.9 Å². The van der Waals surface area contributed by atoms with E-state index in [4.69, 9.17) is 5.73 Å². The van der Waals surface area contributed by atoms with E-state index in [1.807, 2.05) is 49.4 Å². The van der Waals surface area contributed by atoms with Gasteiger partial charge in [0.1, 0.15) is 17.9 Å². The molecule has 0 aliphatic carbocycles. The Balaban J connectivity index is 1.68. The molecule has 0 radical (unpaired) electrons. The van der Waals surface area contributed by atoms with E-state index >= 15 is 0 Å². The number of fused-ring (bicyclic) bond motifs is 1. The van der Waals surface area contributed by atoms with E-state index in [-0.39, 0.29) is 5.75 Å². The summed E-state index contributed by atoms with van der Waals surface area (Å²) in [6.07, 6.45) is 1.43. The molecule has 0 saturated heterocycles. The van der Waals surface area contributed by atoms with Gasteiger partial charge in [-0.2, -0.15) is 0 Å². The van der Waals surface area contributed by atoms with Gasteiger partial charge in [0, 0.05) is 16.8 Å². The molecule has 1 aliphatic heterocycles. The molecular weight excluding hydrogens is 314 g/mol. The Morgan fingerprint density at radius 2 is 1.88 bits per heavy atom. The molecule has 0 fully saturated rings. The van der Waals surface area contributed by atoms with Crippen LogP contribution in [0.5, 0.6) is 5.75 Å². The van der Waals surface area contributed by atoms with Gasteiger partial charge < -0.3 is 16.2 Å². The topological polar surface area (TPSA) is 96.4 Å². The number of benzene rings is 2. The van der Waals surface area contributed by atoms with E-state index in [2.05, 4.69) is 20.3 Å². The summed E-state index contributed by atoms with van der Waals surface area (Å²) in [5, 5.41) is 13.7. The molecule has 1 aliphatic rings. The van der Waals surface area contributed by atoms with Gasteiger partial charge in [0.15, 0.2) is 11.6 Å². The van der Waals surface area contributed by atoms with Crippen LogP contribution in [0.1, 0.15) is 16.7 Å².